The van der Waals surface area contributed by atoms with Crippen molar-refractivity contribution in [3.05, 3.63) is 186 Å². The first-order valence-corrected chi connectivity index (χ1v) is 17.8. The molecule has 0 bridgehead atoms. The highest BCUT2D eigenvalue weighted by atomic mass is 19.3. The summed E-state index contributed by atoms with van der Waals surface area (Å²) in [7, 11) is 0. The summed E-state index contributed by atoms with van der Waals surface area (Å²) in [5.74, 6) is -0.334. The van der Waals surface area contributed by atoms with Crippen LogP contribution in [0.15, 0.2) is 158 Å². The molecule has 0 spiro atoms. The van der Waals surface area contributed by atoms with Gasteiger partial charge in [0.1, 0.15) is 5.69 Å². The number of nitrogens with one attached hydrogen (secondary N) is 3. The number of rotatable bonds is 13. The number of carbonyl (C=O) groups excluding carboxylic acids is 1. The number of amides is 1. The van der Waals surface area contributed by atoms with Crippen LogP contribution < -0.4 is 10.6 Å². The molecule has 10 heteroatoms. The molecule has 0 aliphatic carbocycles. The first kappa shape index (κ1) is 34.6. The van der Waals surface area contributed by atoms with E-state index in [2.05, 4.69) is 98.1 Å². The van der Waals surface area contributed by atoms with E-state index < -0.39 is 30.3 Å². The van der Waals surface area contributed by atoms with Crippen molar-refractivity contribution >= 4 is 27.8 Å². The molecule has 8 aromatic rings. The summed E-state index contributed by atoms with van der Waals surface area (Å²) in [6.07, 6.45) is 0.988. The van der Waals surface area contributed by atoms with Crippen LogP contribution in [0.3, 0.4) is 0 Å². The standard InChI is InChI=1S/C44H37F2N7O/c45-40(46)28-48-27-38(30-13-5-1-6-14-30)51-43(54)42-49-36-25-35-39(26-37(36)50-42)53(52-41(35)31-21-23-47-24-22-31)29-44(32-15-7-2-8-16-32,33-17-9-3-10-18-33)34-19-11-4-12-20-34/h1-26,38,40,48H,27-29H2,(H,49,50)(H,51,54). The van der Waals surface area contributed by atoms with Crippen LogP contribution in [0, 0.1) is 0 Å². The molecule has 8 nitrogen and oxygen atoms in total. The molecule has 0 saturated carbocycles. The van der Waals surface area contributed by atoms with Gasteiger partial charge in [0.15, 0.2) is 5.82 Å². The van der Waals surface area contributed by atoms with Crippen LogP contribution in [0.4, 0.5) is 8.78 Å². The number of halogens is 2. The molecule has 3 aromatic heterocycles. The number of hydrogen-bond donors (Lipinski definition) is 3. The third-order valence-corrected chi connectivity index (χ3v) is 9.86. The summed E-state index contributed by atoms with van der Waals surface area (Å²) in [5.41, 5.74) is 7.29. The fourth-order valence-electron chi connectivity index (χ4n) is 7.30. The fraction of sp³-hybridized carbons (Fsp3) is 0.136. The SMILES string of the molecule is O=C(NC(CNCC(F)F)c1ccccc1)c1nc2cc3c(-c4ccncc4)nn(CC(c4ccccc4)(c4ccccc4)c4ccccc4)c3cc2[nH]1. The van der Waals surface area contributed by atoms with Crippen molar-refractivity contribution in [3.63, 3.8) is 0 Å². The monoisotopic (exact) mass is 717 g/mol. The first-order valence-electron chi connectivity index (χ1n) is 17.8. The second kappa shape index (κ2) is 15.2. The third-order valence-electron chi connectivity index (χ3n) is 9.86. The van der Waals surface area contributed by atoms with E-state index in [0.29, 0.717) is 17.6 Å². The zero-order valence-electron chi connectivity index (χ0n) is 29.2. The van der Waals surface area contributed by atoms with Gasteiger partial charge in [-0.1, -0.05) is 121 Å². The van der Waals surface area contributed by atoms with Gasteiger partial charge >= 0.3 is 0 Å². The number of nitrogens with zero attached hydrogens (tertiary/aromatic N) is 4. The molecule has 0 radical (unpaired) electrons. The summed E-state index contributed by atoms with van der Waals surface area (Å²) in [4.78, 5) is 25.9. The van der Waals surface area contributed by atoms with Crippen molar-refractivity contribution in [1.29, 1.82) is 0 Å². The van der Waals surface area contributed by atoms with Crippen molar-refractivity contribution in [1.82, 2.24) is 35.4 Å². The number of alkyl halides is 2. The van der Waals surface area contributed by atoms with Crippen LogP contribution in [0.5, 0.6) is 0 Å². The Kier molecular flexibility index (Phi) is 9.74. The molecule has 1 unspecified atom stereocenters. The summed E-state index contributed by atoms with van der Waals surface area (Å²) in [6, 6.07) is 48.0. The van der Waals surface area contributed by atoms with E-state index in [9.17, 15) is 13.6 Å². The van der Waals surface area contributed by atoms with Gasteiger partial charge in [0.05, 0.1) is 41.1 Å². The average Bonchev–Trinajstić information content (AvgIpc) is 3.81. The van der Waals surface area contributed by atoms with Crippen molar-refractivity contribution in [2.45, 2.75) is 24.4 Å². The smallest absolute Gasteiger partial charge is 0.287 e. The van der Waals surface area contributed by atoms with E-state index in [1.165, 1.54) is 0 Å². The zero-order chi connectivity index (χ0) is 36.9. The van der Waals surface area contributed by atoms with E-state index >= 15 is 0 Å². The van der Waals surface area contributed by atoms with Gasteiger partial charge in [-0.05, 0) is 46.5 Å². The lowest BCUT2D eigenvalue weighted by atomic mass is 9.69. The first-order chi connectivity index (χ1) is 26.5. The van der Waals surface area contributed by atoms with Gasteiger partial charge in [0.25, 0.3) is 12.3 Å². The van der Waals surface area contributed by atoms with E-state index in [0.717, 1.165) is 44.4 Å². The molecule has 1 amide bonds. The van der Waals surface area contributed by atoms with Gasteiger partial charge in [0, 0.05) is 29.9 Å². The molecule has 0 saturated heterocycles. The highest BCUT2D eigenvalue weighted by Gasteiger charge is 2.38. The number of carbonyl (C=O) groups is 1. The number of pyridine rings is 1. The van der Waals surface area contributed by atoms with Gasteiger partial charge in [-0.3, -0.25) is 14.5 Å². The number of fused-ring (bicyclic) bond motifs is 2. The number of imidazole rings is 1. The number of aromatic amines is 1. The molecule has 3 heterocycles. The maximum atomic E-state index is 13.7. The van der Waals surface area contributed by atoms with Crippen LogP contribution >= 0.6 is 0 Å². The van der Waals surface area contributed by atoms with E-state index in [1.807, 2.05) is 72.8 Å². The average molecular weight is 718 g/mol. The number of H-pyrrole nitrogens is 1. The molecule has 0 aliphatic heterocycles. The molecule has 8 rings (SSSR count). The second-order valence-electron chi connectivity index (χ2n) is 13.2. The Hall–Kier alpha value is -6.52. The molecule has 0 aliphatic rings. The van der Waals surface area contributed by atoms with E-state index in [-0.39, 0.29) is 12.4 Å². The van der Waals surface area contributed by atoms with Crippen molar-refractivity contribution < 1.29 is 13.6 Å². The Bertz CT molecular complexity index is 2380. The van der Waals surface area contributed by atoms with Crippen LogP contribution in [-0.4, -0.2) is 50.2 Å². The Morgan fingerprint density at radius 2 is 1.31 bits per heavy atom. The molecule has 268 valence electrons. The van der Waals surface area contributed by atoms with Gasteiger partial charge in [-0.25, -0.2) is 13.8 Å². The second-order valence-corrected chi connectivity index (χ2v) is 13.2. The zero-order valence-corrected chi connectivity index (χ0v) is 29.2. The highest BCUT2D eigenvalue weighted by molar-refractivity contribution is 6.03. The molecular formula is C44H37F2N7O. The minimum Gasteiger partial charge on any atom is -0.341 e. The molecule has 3 N–H and O–H groups in total. The van der Waals surface area contributed by atoms with E-state index in [4.69, 9.17) is 10.1 Å². The van der Waals surface area contributed by atoms with Crippen LogP contribution in [-0.2, 0) is 12.0 Å². The minimum atomic E-state index is -2.51. The lowest BCUT2D eigenvalue weighted by Crippen LogP contribution is -2.37. The highest BCUT2D eigenvalue weighted by Crippen LogP contribution is 2.42. The number of aromatic nitrogens is 5. The Morgan fingerprint density at radius 1 is 0.741 bits per heavy atom. The van der Waals surface area contributed by atoms with Crippen LogP contribution in [0.25, 0.3) is 33.2 Å². The normalized spacial score (nSPS) is 12.4. The molecule has 0 fully saturated rings. The third kappa shape index (κ3) is 6.87. The van der Waals surface area contributed by atoms with Gasteiger partial charge in [-0.2, -0.15) is 5.10 Å². The van der Waals surface area contributed by atoms with Crippen LogP contribution in [0.2, 0.25) is 0 Å². The Balaban J connectivity index is 1.25. The van der Waals surface area contributed by atoms with Crippen molar-refractivity contribution in [3.8, 4) is 11.3 Å². The number of hydrogen-bond acceptors (Lipinski definition) is 5. The molecular weight excluding hydrogens is 681 g/mol. The maximum absolute atomic E-state index is 13.7. The quantitative estimate of drug-likeness (QED) is 0.104. The molecule has 1 atom stereocenters. The van der Waals surface area contributed by atoms with Gasteiger partial charge < -0.3 is 15.6 Å². The minimum absolute atomic E-state index is 0.115. The predicted molar refractivity (Wildman–Crippen MR) is 207 cm³/mol. The van der Waals surface area contributed by atoms with Crippen molar-refractivity contribution in [2.75, 3.05) is 13.1 Å². The largest absolute Gasteiger partial charge is 0.341 e. The van der Waals surface area contributed by atoms with Crippen molar-refractivity contribution in [2.24, 2.45) is 0 Å². The summed E-state index contributed by atoms with van der Waals surface area (Å²) < 4.78 is 28.0. The van der Waals surface area contributed by atoms with Crippen LogP contribution in [0.1, 0.15) is 38.9 Å². The summed E-state index contributed by atoms with van der Waals surface area (Å²) in [5, 5.41) is 11.9. The lowest BCUT2D eigenvalue weighted by Gasteiger charge is -2.36. The summed E-state index contributed by atoms with van der Waals surface area (Å²) >= 11 is 0. The Morgan fingerprint density at radius 3 is 1.89 bits per heavy atom. The maximum Gasteiger partial charge on any atom is 0.287 e. The predicted octanol–water partition coefficient (Wildman–Crippen LogP) is 8.34. The van der Waals surface area contributed by atoms with Gasteiger partial charge in [-0.15, -0.1) is 0 Å². The fourth-order valence-corrected chi connectivity index (χ4v) is 7.30. The number of benzene rings is 5. The molecule has 54 heavy (non-hydrogen) atoms. The molecule has 5 aromatic carbocycles. The lowest BCUT2D eigenvalue weighted by molar-refractivity contribution is 0.0925. The van der Waals surface area contributed by atoms with E-state index in [1.54, 1.807) is 12.4 Å². The Labute approximate surface area is 310 Å². The van der Waals surface area contributed by atoms with Gasteiger partial charge in [0.2, 0.25) is 0 Å². The topological polar surface area (TPSA) is 101 Å². The summed E-state index contributed by atoms with van der Waals surface area (Å²) in [6.45, 7) is 0.110.